The number of anilines is 3. The van der Waals surface area contributed by atoms with Crippen molar-refractivity contribution in [2.75, 3.05) is 52.2 Å². The lowest BCUT2D eigenvalue weighted by atomic mass is 9.97. The number of fused-ring (bicyclic) bond motifs is 3. The molecule has 3 aliphatic heterocycles. The van der Waals surface area contributed by atoms with E-state index in [1.54, 1.807) is 128 Å². The molecule has 35 heteroatoms. The molecule has 0 atom stereocenters. The largest absolute Gasteiger partial charge is 0.497 e. The molecule has 0 aliphatic carbocycles. The van der Waals surface area contributed by atoms with Gasteiger partial charge in [0.25, 0.3) is 23.5 Å². The van der Waals surface area contributed by atoms with Gasteiger partial charge in [0.2, 0.25) is 0 Å². The highest BCUT2D eigenvalue weighted by atomic mass is 35.5. The van der Waals surface area contributed by atoms with E-state index >= 15 is 0 Å². The Morgan fingerprint density at radius 2 is 0.807 bits per heavy atom. The Balaban J connectivity index is 0.000000180. The number of carbonyl (C=O) groups excluding carboxylic acids is 6. The van der Waals surface area contributed by atoms with Crippen molar-refractivity contribution in [2.24, 2.45) is 5.73 Å². The zero-order chi connectivity index (χ0) is 97.7. The standard InChI is InChI=1S/C32H29F2N3O4.C23H19F2N3O2.C22H17ClF2N2O3.C9H12N2O.C6H5N3.C6H6N2O2.C2H7N/c1-4-6-28(38)25-12-9-19(16-35-25)13-21-14-26(31-23(33)7-5-8-24(31)34)36-27-18-37(32(39)30(21)27)17-20-10-11-22(40-2)15-29(20)41-3;1-2-4-20(29)17-8-7-13(11-26-17)9-14-10-18(22-15(24)5-3-6-16(22)25)28-19-12-27-23(30)21(14)19;1-29-13-7-6-12(19(8-13)30-2)10-27-11-18-20(22(27)28)14(23)9-17(26-18)21-15(24)4-3-5-16(21)25;1-2-3-9(12)8-5-4-7(10)6-11-8;1-8-6-3-2-5(7)4-9-6;7-4-1-2-5(6(9)10)8-3-4;1-2-3/h5,7-12,14-16H,4,6,13,17-18H2,1-3H3;3,5-8,10-11H,2,4,9,12H2,1H3,(H,27,30);3-9H,10-11H2,1-2H3;4-6H,2-3,10H2,1H3;2-4H,7H2;1-3H,7H2,(H,9,10);2-3H2,1H3. The molecule has 8 aromatic heterocycles. The number of nitrogens with two attached hydrogens (primary N) is 4. The minimum Gasteiger partial charge on any atom is -0.497 e. The molecule has 5 aromatic carbocycles. The van der Waals surface area contributed by atoms with Gasteiger partial charge in [-0.25, -0.2) is 51.1 Å². The van der Waals surface area contributed by atoms with Gasteiger partial charge < -0.3 is 67.0 Å². The SMILES string of the molecule is CCCC(=O)c1ccc(Cc2cc(-c3c(F)cccc3F)nc3c2C(=O)N(Cc2ccc(OC)cc2OC)C3)cn1.CCCC(=O)c1ccc(Cc2cc(-c3c(F)cccc3F)nc3c2C(=O)NC3)cn1.CCCC(=O)c1ccc(N)cn1.CCN.COc1ccc(CN2Cc3nc(-c4c(F)cccc4F)cc(Cl)c3C2=O)c(OC)c1.Nc1ccc(C(=O)O)nc1.[C-]#[N+]c1ccc(N)cn1. The average molecular weight is 1860 g/mol. The van der Waals surface area contributed by atoms with Crippen LogP contribution in [0.15, 0.2) is 201 Å². The summed E-state index contributed by atoms with van der Waals surface area (Å²) in [6.45, 7) is 16.0. The third-order valence-electron chi connectivity index (χ3n) is 20.5. The molecule has 0 bridgehead atoms. The molecule has 28 nitrogen and oxygen atoms in total. The first kappa shape index (κ1) is 101. The number of methoxy groups -OCH3 is 4. The highest BCUT2D eigenvalue weighted by molar-refractivity contribution is 6.34. The van der Waals surface area contributed by atoms with Crippen LogP contribution < -0.4 is 47.2 Å². The van der Waals surface area contributed by atoms with Crippen LogP contribution in [0.3, 0.4) is 0 Å². The van der Waals surface area contributed by atoms with Crippen molar-refractivity contribution in [3.63, 3.8) is 0 Å². The number of carboxylic acids is 1. The van der Waals surface area contributed by atoms with Gasteiger partial charge in [0.15, 0.2) is 17.3 Å². The number of carboxylic acid groups (broad SMARTS) is 1. The fourth-order valence-electron chi connectivity index (χ4n) is 14.1. The number of nitrogen functional groups attached to an aromatic ring is 3. The number of nitrogens with zero attached hydrogens (tertiary/aromatic N) is 11. The third-order valence-corrected chi connectivity index (χ3v) is 20.8. The number of ketones is 3. The van der Waals surface area contributed by atoms with Gasteiger partial charge in [-0.2, -0.15) is 0 Å². The number of benzene rings is 5. The highest BCUT2D eigenvalue weighted by Crippen LogP contribution is 2.39. The van der Waals surface area contributed by atoms with Crippen LogP contribution in [-0.2, 0) is 45.6 Å². The van der Waals surface area contributed by atoms with E-state index in [-0.39, 0.29) is 124 Å². The summed E-state index contributed by atoms with van der Waals surface area (Å²) in [6, 6.07) is 42.3. The fraction of sp³-hybridized carbons (Fsp3) is 0.220. The predicted molar refractivity (Wildman–Crippen MR) is 497 cm³/mol. The fourth-order valence-corrected chi connectivity index (χ4v) is 14.3. The van der Waals surface area contributed by atoms with Gasteiger partial charge in [-0.15, -0.1) is 4.98 Å². The molecule has 3 amide bonds. The van der Waals surface area contributed by atoms with E-state index in [4.69, 9.17) is 65.2 Å². The molecule has 696 valence electrons. The van der Waals surface area contributed by atoms with E-state index < -0.39 is 40.9 Å². The quantitative estimate of drug-likeness (QED) is 0.0176. The topological polar surface area (TPSA) is 407 Å². The second-order valence-electron chi connectivity index (χ2n) is 30.1. The Kier molecular flexibility index (Phi) is 36.2. The number of aromatic carboxylic acids is 1. The van der Waals surface area contributed by atoms with Crippen molar-refractivity contribution in [3.8, 4) is 56.8 Å². The van der Waals surface area contributed by atoms with Crippen molar-refractivity contribution in [3.05, 3.63) is 342 Å². The van der Waals surface area contributed by atoms with Gasteiger partial charge in [-0.3, -0.25) is 43.7 Å². The highest BCUT2D eigenvalue weighted by Gasteiger charge is 2.36. The molecular formula is C100H95ClF6N16O12. The number of halogens is 7. The number of pyridine rings is 8. The summed E-state index contributed by atoms with van der Waals surface area (Å²) in [5.41, 5.74) is 29.9. The number of aromatic nitrogens is 8. The van der Waals surface area contributed by atoms with Crippen molar-refractivity contribution >= 4 is 75.5 Å². The lowest BCUT2D eigenvalue weighted by molar-refractivity contribution is 0.0688. The molecule has 0 saturated carbocycles. The van der Waals surface area contributed by atoms with Crippen LogP contribution in [0, 0.1) is 41.5 Å². The summed E-state index contributed by atoms with van der Waals surface area (Å²) >= 11 is 6.32. The monoisotopic (exact) mass is 1860 g/mol. The van der Waals surface area contributed by atoms with Crippen molar-refractivity contribution in [1.82, 2.24) is 55.0 Å². The maximum absolute atomic E-state index is 14.8. The zero-order valence-corrected chi connectivity index (χ0v) is 75.5. The molecule has 0 spiro atoms. The second kappa shape index (κ2) is 48.3. The second-order valence-corrected chi connectivity index (χ2v) is 30.6. The summed E-state index contributed by atoms with van der Waals surface area (Å²) in [5, 5.41) is 11.2. The number of amides is 3. The molecule has 0 saturated heterocycles. The molecule has 0 unspecified atom stereocenters. The zero-order valence-electron chi connectivity index (χ0n) is 74.8. The van der Waals surface area contributed by atoms with Crippen molar-refractivity contribution in [2.45, 2.75) is 112 Å². The summed E-state index contributed by atoms with van der Waals surface area (Å²) in [4.78, 5) is 124. The predicted octanol–water partition coefficient (Wildman–Crippen LogP) is 18.4. The van der Waals surface area contributed by atoms with Crippen LogP contribution in [0.25, 0.3) is 38.6 Å². The van der Waals surface area contributed by atoms with E-state index in [2.05, 4.69) is 50.0 Å². The number of hydrogen-bond donors (Lipinski definition) is 6. The van der Waals surface area contributed by atoms with E-state index in [0.717, 1.165) is 60.2 Å². The van der Waals surface area contributed by atoms with Crippen LogP contribution in [0.1, 0.15) is 190 Å². The summed E-state index contributed by atoms with van der Waals surface area (Å²) < 4.78 is 108. The maximum atomic E-state index is 14.8. The van der Waals surface area contributed by atoms with E-state index in [1.807, 2.05) is 39.8 Å². The Bertz CT molecular complexity index is 6440. The van der Waals surface area contributed by atoms with E-state index in [1.165, 1.54) is 86.4 Å². The summed E-state index contributed by atoms with van der Waals surface area (Å²) in [6.07, 6.45) is 11.8. The molecule has 13 aromatic rings. The summed E-state index contributed by atoms with van der Waals surface area (Å²) in [7, 11) is 6.19. The maximum Gasteiger partial charge on any atom is 0.354 e. The molecule has 16 rings (SSSR count). The number of carbonyl (C=O) groups is 7. The molecule has 10 N–H and O–H groups in total. The lowest BCUT2D eigenvalue weighted by Crippen LogP contribution is -2.24. The van der Waals surface area contributed by atoms with Crippen LogP contribution in [-0.4, -0.2) is 131 Å². The number of nitrogens with one attached hydrogen (secondary N) is 1. The minimum atomic E-state index is -1.04. The molecule has 11 heterocycles. The smallest absolute Gasteiger partial charge is 0.354 e. The molecule has 3 aliphatic rings. The van der Waals surface area contributed by atoms with Crippen LogP contribution in [0.5, 0.6) is 23.0 Å². The van der Waals surface area contributed by atoms with Gasteiger partial charge in [0.05, 0.1) is 163 Å². The first-order chi connectivity index (χ1) is 64.9. The first-order valence-corrected chi connectivity index (χ1v) is 42.6. The molecule has 0 fully saturated rings. The van der Waals surface area contributed by atoms with Gasteiger partial charge in [0, 0.05) is 54.9 Å². The van der Waals surface area contributed by atoms with Gasteiger partial charge in [0.1, 0.15) is 86.9 Å². The molecule has 0 radical (unpaired) electrons. The molecule has 135 heavy (non-hydrogen) atoms. The Hall–Kier alpha value is -15.9. The number of hydrogen-bond acceptors (Lipinski definition) is 23. The lowest BCUT2D eigenvalue weighted by Gasteiger charge is -2.18. The number of ether oxygens (including phenoxy) is 4. The minimum absolute atomic E-state index is 0.00852. The average Bonchev–Trinajstić information content (AvgIpc) is 1.34. The number of Topliss-reactive ketones (excluding diaryl/α,β-unsaturated/α-hetero) is 3. The van der Waals surface area contributed by atoms with Gasteiger partial charge in [-0.05, 0) is 188 Å². The van der Waals surface area contributed by atoms with E-state index in [0.29, 0.717) is 128 Å². The van der Waals surface area contributed by atoms with Crippen molar-refractivity contribution in [1.29, 1.82) is 0 Å². The van der Waals surface area contributed by atoms with Crippen LogP contribution >= 0.6 is 11.6 Å². The number of rotatable bonds is 25. The van der Waals surface area contributed by atoms with Crippen molar-refractivity contribution < 1.29 is 84.0 Å². The van der Waals surface area contributed by atoms with E-state index in [9.17, 15) is 59.9 Å². The Labute approximate surface area is 779 Å². The summed E-state index contributed by atoms with van der Waals surface area (Å²) in [5.74, 6) is -3.48. The normalized spacial score (nSPS) is 11.7. The van der Waals surface area contributed by atoms with Crippen LogP contribution in [0.2, 0.25) is 5.02 Å². The first-order valence-electron chi connectivity index (χ1n) is 42.2. The van der Waals surface area contributed by atoms with Gasteiger partial charge >= 0.3 is 5.97 Å². The third kappa shape index (κ3) is 26.3. The Morgan fingerprint density at radius 1 is 0.444 bits per heavy atom. The Morgan fingerprint density at radius 3 is 1.16 bits per heavy atom. The molecular weight excluding hydrogens is 1770 g/mol. The van der Waals surface area contributed by atoms with Crippen LogP contribution in [0.4, 0.5) is 49.2 Å². The van der Waals surface area contributed by atoms with Gasteiger partial charge in [-0.1, -0.05) is 76.2 Å².